The number of benzene rings is 2. The van der Waals surface area contributed by atoms with Crippen molar-refractivity contribution < 1.29 is 22.4 Å². The van der Waals surface area contributed by atoms with Gasteiger partial charge in [-0.15, -0.1) is 0 Å². The van der Waals surface area contributed by atoms with E-state index in [1.807, 2.05) is 0 Å². The highest BCUT2D eigenvalue weighted by Gasteiger charge is 2.17. The molecule has 3 amide bonds. The molecule has 0 unspecified atom stereocenters. The molecule has 0 radical (unpaired) electrons. The van der Waals surface area contributed by atoms with E-state index in [-0.39, 0.29) is 23.5 Å². The summed E-state index contributed by atoms with van der Waals surface area (Å²) in [5, 5.41) is 8.09. The quantitative estimate of drug-likeness (QED) is 0.412. The highest BCUT2D eigenvalue weighted by atomic mass is 32.2. The zero-order chi connectivity index (χ0) is 23.1. The molecule has 32 heavy (non-hydrogen) atoms. The molecule has 0 aliphatic heterocycles. The summed E-state index contributed by atoms with van der Waals surface area (Å²) in [6.07, 6.45) is 1.53. The largest absolute Gasteiger partial charge is 0.467 e. The first-order valence-corrected chi connectivity index (χ1v) is 11.4. The number of urea groups is 1. The average molecular weight is 457 g/mol. The number of hydrogen-bond acceptors (Lipinski definition) is 5. The topological polar surface area (TPSA) is 130 Å². The lowest BCUT2D eigenvalue weighted by Crippen LogP contribution is -2.27. The number of aryl methyl sites for hydroxylation is 1. The molecule has 0 atom stereocenters. The molecule has 4 N–H and O–H groups in total. The van der Waals surface area contributed by atoms with Crippen molar-refractivity contribution in [3.05, 3.63) is 77.7 Å². The molecule has 10 heteroatoms. The minimum atomic E-state index is -3.67. The van der Waals surface area contributed by atoms with Crippen LogP contribution in [-0.4, -0.2) is 26.9 Å². The number of anilines is 2. The number of furan rings is 1. The van der Waals surface area contributed by atoms with Crippen LogP contribution in [0.5, 0.6) is 0 Å². The van der Waals surface area contributed by atoms with E-state index in [1.54, 1.807) is 56.3 Å². The van der Waals surface area contributed by atoms with E-state index in [0.717, 1.165) is 0 Å². The maximum absolute atomic E-state index is 12.7. The normalized spacial score (nSPS) is 11.1. The lowest BCUT2D eigenvalue weighted by Gasteiger charge is -2.11. The van der Waals surface area contributed by atoms with Gasteiger partial charge in [0.15, 0.2) is 0 Å². The zero-order valence-corrected chi connectivity index (χ0v) is 18.5. The smallest absolute Gasteiger partial charge is 0.319 e. The van der Waals surface area contributed by atoms with Crippen LogP contribution in [0.2, 0.25) is 0 Å². The van der Waals surface area contributed by atoms with E-state index in [2.05, 4.69) is 20.7 Å². The maximum Gasteiger partial charge on any atom is 0.319 e. The van der Waals surface area contributed by atoms with Crippen LogP contribution in [0.1, 0.15) is 28.6 Å². The summed E-state index contributed by atoms with van der Waals surface area (Å²) < 4.78 is 32.0. The van der Waals surface area contributed by atoms with Gasteiger partial charge in [0.25, 0.3) is 5.91 Å². The van der Waals surface area contributed by atoms with Crippen LogP contribution in [0.25, 0.3) is 0 Å². The van der Waals surface area contributed by atoms with Gasteiger partial charge in [-0.3, -0.25) is 4.79 Å². The summed E-state index contributed by atoms with van der Waals surface area (Å²) in [7, 11) is -3.67. The summed E-state index contributed by atoms with van der Waals surface area (Å²) in [4.78, 5) is 24.7. The summed E-state index contributed by atoms with van der Waals surface area (Å²) in [6, 6.07) is 14.0. The second-order valence-electron chi connectivity index (χ2n) is 6.90. The van der Waals surface area contributed by atoms with Crippen molar-refractivity contribution in [3.8, 4) is 0 Å². The Hall–Kier alpha value is -3.63. The lowest BCUT2D eigenvalue weighted by molar-refractivity contribution is 0.102. The third-order valence-electron chi connectivity index (χ3n) is 4.50. The molecule has 1 heterocycles. The molecular formula is C22H24N4O5S. The van der Waals surface area contributed by atoms with E-state index >= 15 is 0 Å². The molecule has 0 fully saturated rings. The predicted octanol–water partition coefficient (Wildman–Crippen LogP) is 3.46. The molecule has 0 saturated heterocycles. The fourth-order valence-corrected chi connectivity index (χ4v) is 3.94. The minimum Gasteiger partial charge on any atom is -0.467 e. The van der Waals surface area contributed by atoms with Gasteiger partial charge in [-0.05, 0) is 61.0 Å². The van der Waals surface area contributed by atoms with Crippen molar-refractivity contribution in [2.24, 2.45) is 0 Å². The molecule has 3 aromatic rings. The zero-order valence-electron chi connectivity index (χ0n) is 17.6. The molecule has 168 valence electrons. The highest BCUT2D eigenvalue weighted by molar-refractivity contribution is 7.89. The number of hydrogen-bond donors (Lipinski definition) is 4. The van der Waals surface area contributed by atoms with Crippen LogP contribution >= 0.6 is 0 Å². The Morgan fingerprint density at radius 2 is 1.66 bits per heavy atom. The highest BCUT2D eigenvalue weighted by Crippen LogP contribution is 2.19. The fraction of sp³-hybridized carbons (Fsp3) is 0.182. The first-order chi connectivity index (χ1) is 15.3. The van der Waals surface area contributed by atoms with Gasteiger partial charge >= 0.3 is 6.03 Å². The Morgan fingerprint density at radius 3 is 2.28 bits per heavy atom. The van der Waals surface area contributed by atoms with Crippen LogP contribution in [0.3, 0.4) is 0 Å². The molecule has 2 aromatic carbocycles. The first kappa shape index (κ1) is 23.0. The van der Waals surface area contributed by atoms with Crippen molar-refractivity contribution in [2.75, 3.05) is 17.2 Å². The number of carbonyl (C=O) groups is 2. The van der Waals surface area contributed by atoms with Gasteiger partial charge in [0.1, 0.15) is 5.76 Å². The molecule has 0 aliphatic carbocycles. The Morgan fingerprint density at radius 1 is 0.969 bits per heavy atom. The third-order valence-corrected chi connectivity index (χ3v) is 6.05. The Bertz CT molecular complexity index is 1190. The van der Waals surface area contributed by atoms with Crippen molar-refractivity contribution in [1.29, 1.82) is 0 Å². The standard InChI is InChI=1S/C22H24N4O5S/c1-3-24-32(29,30)19-11-6-15(2)20(13-19)21(27)25-16-7-9-17(10-8-16)26-22(28)23-14-18-5-4-12-31-18/h4-13,24H,3,14H2,1-2H3,(H,25,27)(H2,23,26,28). The van der Waals surface area contributed by atoms with Gasteiger partial charge in [0, 0.05) is 23.5 Å². The summed E-state index contributed by atoms with van der Waals surface area (Å²) in [5.74, 6) is 0.198. The summed E-state index contributed by atoms with van der Waals surface area (Å²) in [6.45, 7) is 3.92. The van der Waals surface area contributed by atoms with Crippen LogP contribution in [-0.2, 0) is 16.6 Å². The number of amides is 3. The van der Waals surface area contributed by atoms with Gasteiger partial charge < -0.3 is 20.4 Å². The van der Waals surface area contributed by atoms with Crippen molar-refractivity contribution in [2.45, 2.75) is 25.3 Å². The Labute approximate surface area is 186 Å². The molecule has 1 aromatic heterocycles. The van der Waals surface area contributed by atoms with E-state index in [1.165, 1.54) is 18.4 Å². The van der Waals surface area contributed by atoms with E-state index < -0.39 is 22.0 Å². The number of carbonyl (C=O) groups excluding carboxylic acids is 2. The average Bonchev–Trinajstić information content (AvgIpc) is 3.27. The molecular weight excluding hydrogens is 432 g/mol. The van der Waals surface area contributed by atoms with Crippen LogP contribution in [0.15, 0.2) is 70.2 Å². The molecule has 0 saturated carbocycles. The molecule has 0 bridgehead atoms. The third kappa shape index (κ3) is 5.96. The van der Waals surface area contributed by atoms with E-state index in [0.29, 0.717) is 22.7 Å². The van der Waals surface area contributed by atoms with Crippen LogP contribution in [0, 0.1) is 6.92 Å². The van der Waals surface area contributed by atoms with Gasteiger partial charge in [-0.2, -0.15) is 0 Å². The number of nitrogens with one attached hydrogen (secondary N) is 4. The summed E-state index contributed by atoms with van der Waals surface area (Å²) in [5.41, 5.74) is 1.93. The Kier molecular flexibility index (Phi) is 7.29. The van der Waals surface area contributed by atoms with Gasteiger partial charge in [0.2, 0.25) is 10.0 Å². The maximum atomic E-state index is 12.7. The fourth-order valence-electron chi connectivity index (χ4n) is 2.88. The Balaban J connectivity index is 1.62. The molecule has 0 spiro atoms. The van der Waals surface area contributed by atoms with Crippen molar-refractivity contribution in [1.82, 2.24) is 10.0 Å². The number of sulfonamides is 1. The number of rotatable bonds is 8. The van der Waals surface area contributed by atoms with Gasteiger partial charge in [-0.1, -0.05) is 13.0 Å². The molecule has 3 rings (SSSR count). The minimum absolute atomic E-state index is 0.0233. The van der Waals surface area contributed by atoms with Crippen LogP contribution < -0.4 is 20.7 Å². The van der Waals surface area contributed by atoms with E-state index in [9.17, 15) is 18.0 Å². The first-order valence-electron chi connectivity index (χ1n) is 9.87. The van der Waals surface area contributed by atoms with Crippen LogP contribution in [0.4, 0.5) is 16.2 Å². The second kappa shape index (κ2) is 10.1. The molecule has 9 nitrogen and oxygen atoms in total. The second-order valence-corrected chi connectivity index (χ2v) is 8.66. The van der Waals surface area contributed by atoms with Gasteiger partial charge in [0.05, 0.1) is 17.7 Å². The predicted molar refractivity (Wildman–Crippen MR) is 121 cm³/mol. The SMILES string of the molecule is CCNS(=O)(=O)c1ccc(C)c(C(=O)Nc2ccc(NC(=O)NCc3ccco3)cc2)c1. The van der Waals surface area contributed by atoms with Gasteiger partial charge in [-0.25, -0.2) is 17.9 Å². The van der Waals surface area contributed by atoms with Crippen molar-refractivity contribution in [3.63, 3.8) is 0 Å². The monoisotopic (exact) mass is 456 g/mol. The summed E-state index contributed by atoms with van der Waals surface area (Å²) >= 11 is 0. The van der Waals surface area contributed by atoms with Crippen molar-refractivity contribution >= 4 is 33.3 Å². The molecule has 0 aliphatic rings. The van der Waals surface area contributed by atoms with E-state index in [4.69, 9.17) is 4.42 Å². The lowest BCUT2D eigenvalue weighted by atomic mass is 10.1.